The van der Waals surface area contributed by atoms with Gasteiger partial charge in [0.2, 0.25) is 0 Å². The van der Waals surface area contributed by atoms with Crippen molar-refractivity contribution in [2.24, 2.45) is 0 Å². The van der Waals surface area contributed by atoms with Crippen LogP contribution in [0.5, 0.6) is 0 Å². The largest absolute Gasteiger partial charge is 0.314 e. The van der Waals surface area contributed by atoms with Crippen LogP contribution in [0.15, 0.2) is 54.1 Å². The summed E-state index contributed by atoms with van der Waals surface area (Å²) in [5.74, 6) is -0.123. The third-order valence-electron chi connectivity index (χ3n) is 5.74. The summed E-state index contributed by atoms with van der Waals surface area (Å²) in [6.45, 7) is 3.53. The van der Waals surface area contributed by atoms with Crippen molar-refractivity contribution in [3.8, 4) is 11.1 Å². The molecule has 0 bridgehead atoms. The molecule has 2 N–H and O–H groups in total. The van der Waals surface area contributed by atoms with Gasteiger partial charge in [-0.3, -0.25) is 10.00 Å². The van der Waals surface area contributed by atoms with E-state index in [2.05, 4.69) is 44.0 Å². The molecule has 0 saturated carbocycles. The molecule has 0 radical (unpaired) electrons. The Balaban J connectivity index is 1.42. The number of fused-ring (bicyclic) bond motifs is 1. The third kappa shape index (κ3) is 3.48. The van der Waals surface area contributed by atoms with Gasteiger partial charge in [0.25, 0.3) is 0 Å². The Bertz CT molecular complexity index is 1010. The van der Waals surface area contributed by atoms with Crippen LogP contribution < -0.4 is 5.32 Å². The highest BCUT2D eigenvalue weighted by Gasteiger charge is 2.31. The molecule has 3 heterocycles. The number of H-pyrrole nitrogens is 1. The highest BCUT2D eigenvalue weighted by Crippen LogP contribution is 2.31. The quantitative estimate of drug-likeness (QED) is 0.697. The van der Waals surface area contributed by atoms with Gasteiger partial charge in [-0.15, -0.1) is 11.8 Å². The van der Waals surface area contributed by atoms with E-state index in [0.717, 1.165) is 53.6 Å². The lowest BCUT2D eigenvalue weighted by Crippen LogP contribution is -2.54. The molecule has 5 rings (SSSR count). The Labute approximate surface area is 168 Å². The number of piperazine rings is 1. The molecule has 2 aliphatic heterocycles. The van der Waals surface area contributed by atoms with Crippen LogP contribution in [0.4, 0.5) is 4.39 Å². The van der Waals surface area contributed by atoms with Gasteiger partial charge in [-0.2, -0.15) is 5.10 Å². The molecule has 28 heavy (non-hydrogen) atoms. The Morgan fingerprint density at radius 1 is 1.18 bits per heavy atom. The van der Waals surface area contributed by atoms with Crippen LogP contribution in [0, 0.1) is 5.82 Å². The van der Waals surface area contributed by atoms with Gasteiger partial charge < -0.3 is 5.32 Å². The Morgan fingerprint density at radius 3 is 2.96 bits per heavy atom. The molecule has 2 unspecified atom stereocenters. The second-order valence-corrected chi connectivity index (χ2v) is 8.65. The summed E-state index contributed by atoms with van der Waals surface area (Å²) in [7, 11) is 0. The van der Waals surface area contributed by atoms with Gasteiger partial charge in [0.1, 0.15) is 5.82 Å². The van der Waals surface area contributed by atoms with Gasteiger partial charge in [0.05, 0.1) is 11.7 Å². The highest BCUT2D eigenvalue weighted by molar-refractivity contribution is 8.03. The molecular formula is C22H23FN4S. The lowest BCUT2D eigenvalue weighted by atomic mass is 10.00. The zero-order valence-corrected chi connectivity index (χ0v) is 16.4. The Hall–Kier alpha value is -2.15. The van der Waals surface area contributed by atoms with Crippen LogP contribution in [0.2, 0.25) is 0 Å². The topological polar surface area (TPSA) is 44.0 Å². The summed E-state index contributed by atoms with van der Waals surface area (Å²) in [6, 6.07) is 12.1. The van der Waals surface area contributed by atoms with E-state index in [1.165, 1.54) is 0 Å². The fourth-order valence-corrected chi connectivity index (χ4v) is 5.29. The fraction of sp³-hybridized carbons (Fsp3) is 0.318. The molecule has 0 aliphatic carbocycles. The summed E-state index contributed by atoms with van der Waals surface area (Å²) < 4.78 is 14.7. The van der Waals surface area contributed by atoms with E-state index in [-0.39, 0.29) is 5.82 Å². The van der Waals surface area contributed by atoms with E-state index in [4.69, 9.17) is 0 Å². The molecule has 2 aliphatic rings. The zero-order chi connectivity index (χ0) is 18.9. The first-order chi connectivity index (χ1) is 13.8. The summed E-state index contributed by atoms with van der Waals surface area (Å²) in [5, 5.41) is 14.4. The second kappa shape index (κ2) is 7.70. The maximum Gasteiger partial charge on any atom is 0.127 e. The first-order valence-corrected chi connectivity index (χ1v) is 10.7. The van der Waals surface area contributed by atoms with Gasteiger partial charge >= 0.3 is 0 Å². The summed E-state index contributed by atoms with van der Waals surface area (Å²) >= 11 is 1.90. The van der Waals surface area contributed by atoms with Crippen molar-refractivity contribution in [3.63, 3.8) is 0 Å². The van der Waals surface area contributed by atoms with Crippen LogP contribution in [-0.4, -0.2) is 46.0 Å². The zero-order valence-electron chi connectivity index (χ0n) is 15.6. The smallest absolute Gasteiger partial charge is 0.127 e. The van der Waals surface area contributed by atoms with Gasteiger partial charge in [-0.1, -0.05) is 18.2 Å². The maximum absolute atomic E-state index is 14.7. The standard InChI is InChI=1S/C22H23FN4S/c23-19-5-3-15(16-4-6-20-17(10-16)12-25-26-20)11-18(19)14-27-8-7-24-13-21(27)22-2-1-9-28-22/h1,3-6,9-12,21-22,24H,2,7-8,13-14H2,(H,25,26). The molecule has 1 saturated heterocycles. The lowest BCUT2D eigenvalue weighted by Gasteiger charge is -2.39. The number of allylic oxidation sites excluding steroid dienone is 1. The second-order valence-electron chi connectivity index (χ2n) is 7.50. The molecule has 2 aromatic carbocycles. The maximum atomic E-state index is 14.7. The fourth-order valence-electron chi connectivity index (χ4n) is 4.20. The number of thioether (sulfide) groups is 1. The van der Waals surface area contributed by atoms with E-state index >= 15 is 0 Å². The number of halogens is 1. The van der Waals surface area contributed by atoms with Crippen LogP contribution in [0.1, 0.15) is 12.0 Å². The number of aromatic nitrogens is 2. The third-order valence-corrected chi connectivity index (χ3v) is 6.94. The molecule has 0 spiro atoms. The monoisotopic (exact) mass is 394 g/mol. The summed E-state index contributed by atoms with van der Waals surface area (Å²) in [4.78, 5) is 2.45. The van der Waals surface area contributed by atoms with Crippen molar-refractivity contribution in [3.05, 3.63) is 65.5 Å². The molecular weight excluding hydrogens is 371 g/mol. The predicted molar refractivity (Wildman–Crippen MR) is 114 cm³/mol. The number of nitrogens with one attached hydrogen (secondary N) is 2. The average Bonchev–Trinajstić information content (AvgIpc) is 3.41. The summed E-state index contributed by atoms with van der Waals surface area (Å²) in [5.41, 5.74) is 3.91. The minimum absolute atomic E-state index is 0.123. The minimum Gasteiger partial charge on any atom is -0.314 e. The lowest BCUT2D eigenvalue weighted by molar-refractivity contribution is 0.149. The summed E-state index contributed by atoms with van der Waals surface area (Å²) in [6.07, 6.45) is 5.16. The van der Waals surface area contributed by atoms with E-state index in [9.17, 15) is 4.39 Å². The van der Waals surface area contributed by atoms with E-state index < -0.39 is 0 Å². The number of benzene rings is 2. The number of nitrogens with zero attached hydrogens (tertiary/aromatic N) is 2. The number of rotatable bonds is 4. The van der Waals surface area contributed by atoms with Crippen LogP contribution in [-0.2, 0) is 6.54 Å². The Kier molecular flexibility index (Phi) is 4.93. The number of hydrogen-bond donors (Lipinski definition) is 2. The van der Waals surface area contributed by atoms with Gasteiger partial charge in [0, 0.05) is 48.4 Å². The van der Waals surface area contributed by atoms with E-state index in [0.29, 0.717) is 17.8 Å². The van der Waals surface area contributed by atoms with E-state index in [1.807, 2.05) is 36.2 Å². The first-order valence-electron chi connectivity index (χ1n) is 9.75. The van der Waals surface area contributed by atoms with Crippen LogP contribution >= 0.6 is 11.8 Å². The number of aromatic amines is 1. The first kappa shape index (κ1) is 17.9. The SMILES string of the molecule is Fc1ccc(-c2ccc3[nH]ncc3c2)cc1CN1CCNCC1C1CC=CS1. The molecule has 4 nitrogen and oxygen atoms in total. The normalized spacial score (nSPS) is 22.9. The Morgan fingerprint density at radius 2 is 2.07 bits per heavy atom. The van der Waals surface area contributed by atoms with Crippen molar-refractivity contribution < 1.29 is 4.39 Å². The molecule has 144 valence electrons. The highest BCUT2D eigenvalue weighted by atomic mass is 32.2. The molecule has 1 fully saturated rings. The van der Waals surface area contributed by atoms with Crippen LogP contribution in [0.25, 0.3) is 22.0 Å². The molecule has 6 heteroatoms. The predicted octanol–water partition coefficient (Wildman–Crippen LogP) is 4.16. The molecule has 2 atom stereocenters. The van der Waals surface area contributed by atoms with Crippen molar-refractivity contribution >= 4 is 22.7 Å². The van der Waals surface area contributed by atoms with Crippen molar-refractivity contribution in [2.45, 2.75) is 24.3 Å². The van der Waals surface area contributed by atoms with Gasteiger partial charge in [-0.25, -0.2) is 4.39 Å². The number of hydrogen-bond acceptors (Lipinski definition) is 4. The van der Waals surface area contributed by atoms with Crippen molar-refractivity contribution in [1.29, 1.82) is 0 Å². The van der Waals surface area contributed by atoms with Crippen molar-refractivity contribution in [2.75, 3.05) is 19.6 Å². The molecule has 0 amide bonds. The average molecular weight is 395 g/mol. The van der Waals surface area contributed by atoms with Gasteiger partial charge in [0.15, 0.2) is 0 Å². The van der Waals surface area contributed by atoms with E-state index in [1.54, 1.807) is 6.07 Å². The van der Waals surface area contributed by atoms with Crippen LogP contribution in [0.3, 0.4) is 0 Å². The van der Waals surface area contributed by atoms with Crippen molar-refractivity contribution in [1.82, 2.24) is 20.4 Å². The molecule has 3 aromatic rings. The molecule has 1 aromatic heterocycles. The van der Waals surface area contributed by atoms with Gasteiger partial charge in [-0.05, 0) is 47.2 Å². The minimum atomic E-state index is -0.123.